The third kappa shape index (κ3) is 4.61. The molecule has 0 spiro atoms. The van der Waals surface area contributed by atoms with Gasteiger partial charge in [-0.1, -0.05) is 39.0 Å². The molecule has 0 saturated carbocycles. The number of thiazole rings is 1. The molecule has 2 rings (SSSR count). The van der Waals surface area contributed by atoms with Crippen LogP contribution in [0.2, 0.25) is 0 Å². The van der Waals surface area contributed by atoms with Gasteiger partial charge in [0.1, 0.15) is 0 Å². The number of aryl methyl sites for hydroxylation is 1. The molecule has 0 saturated heterocycles. The average molecular weight is 342 g/mol. The highest BCUT2D eigenvalue weighted by Gasteiger charge is 2.22. The standard InChI is InChI=1S/C19H22N2O2S/c1-12-17(24-18(20-12)19(3,4)5)16(23)11-8-14-6-9-15(10-7-14)21-13(2)22/h6-11H,1-5H3,(H,21,22)/b11-8+. The lowest BCUT2D eigenvalue weighted by Crippen LogP contribution is -2.10. The number of nitrogens with zero attached hydrogens (tertiary/aromatic N) is 1. The second-order valence-electron chi connectivity index (χ2n) is 6.68. The van der Waals surface area contributed by atoms with Crippen LogP contribution in [0.25, 0.3) is 6.08 Å². The topological polar surface area (TPSA) is 59.1 Å². The van der Waals surface area contributed by atoms with Gasteiger partial charge in [-0.2, -0.15) is 0 Å². The normalized spacial score (nSPS) is 11.7. The Balaban J connectivity index is 2.13. The summed E-state index contributed by atoms with van der Waals surface area (Å²) >= 11 is 1.46. The largest absolute Gasteiger partial charge is 0.326 e. The predicted molar refractivity (Wildman–Crippen MR) is 99.7 cm³/mol. The molecular formula is C19H22N2O2S. The van der Waals surface area contributed by atoms with Crippen LogP contribution in [0, 0.1) is 6.92 Å². The van der Waals surface area contributed by atoms with E-state index in [-0.39, 0.29) is 17.1 Å². The van der Waals surface area contributed by atoms with Crippen molar-refractivity contribution in [2.45, 2.75) is 40.0 Å². The van der Waals surface area contributed by atoms with Crippen LogP contribution in [-0.4, -0.2) is 16.7 Å². The Labute approximate surface area is 146 Å². The first-order valence-corrected chi connectivity index (χ1v) is 8.56. The molecule has 1 N–H and O–H groups in total. The van der Waals surface area contributed by atoms with Gasteiger partial charge >= 0.3 is 0 Å². The number of benzene rings is 1. The van der Waals surface area contributed by atoms with Gasteiger partial charge in [0.15, 0.2) is 5.78 Å². The highest BCUT2D eigenvalue weighted by molar-refractivity contribution is 7.14. The van der Waals surface area contributed by atoms with E-state index in [2.05, 4.69) is 31.1 Å². The summed E-state index contributed by atoms with van der Waals surface area (Å²) in [5.74, 6) is -0.143. The Bertz CT molecular complexity index is 781. The lowest BCUT2D eigenvalue weighted by molar-refractivity contribution is -0.114. The fraction of sp³-hybridized carbons (Fsp3) is 0.316. The molecule has 0 aliphatic rings. The maximum Gasteiger partial charge on any atom is 0.221 e. The van der Waals surface area contributed by atoms with Gasteiger partial charge in [0, 0.05) is 18.0 Å². The molecule has 0 fully saturated rings. The van der Waals surface area contributed by atoms with Crippen molar-refractivity contribution in [3.05, 3.63) is 51.5 Å². The molecule has 126 valence electrons. The first-order valence-electron chi connectivity index (χ1n) is 7.75. The maximum atomic E-state index is 12.4. The van der Waals surface area contributed by atoms with Crippen LogP contribution in [0.3, 0.4) is 0 Å². The van der Waals surface area contributed by atoms with Crippen molar-refractivity contribution < 1.29 is 9.59 Å². The number of aromatic nitrogens is 1. The fourth-order valence-electron chi connectivity index (χ4n) is 2.07. The van der Waals surface area contributed by atoms with Crippen LogP contribution in [0.5, 0.6) is 0 Å². The summed E-state index contributed by atoms with van der Waals surface area (Å²) in [4.78, 5) is 28.6. The zero-order valence-corrected chi connectivity index (χ0v) is 15.5. The van der Waals surface area contributed by atoms with Crippen LogP contribution in [0.4, 0.5) is 5.69 Å². The minimum atomic E-state index is -0.108. The number of carbonyl (C=O) groups excluding carboxylic acids is 2. The first kappa shape index (κ1) is 18.1. The molecule has 0 aliphatic heterocycles. The van der Waals surface area contributed by atoms with Gasteiger partial charge in [-0.3, -0.25) is 9.59 Å². The zero-order chi connectivity index (χ0) is 17.9. The van der Waals surface area contributed by atoms with E-state index in [1.165, 1.54) is 18.3 Å². The number of rotatable bonds is 4. The second-order valence-corrected chi connectivity index (χ2v) is 7.68. The summed E-state index contributed by atoms with van der Waals surface area (Å²) in [6.45, 7) is 9.61. The molecule has 0 radical (unpaired) electrons. The summed E-state index contributed by atoms with van der Waals surface area (Å²) in [6, 6.07) is 7.33. The van der Waals surface area contributed by atoms with E-state index < -0.39 is 0 Å². The summed E-state index contributed by atoms with van der Waals surface area (Å²) in [5.41, 5.74) is 2.35. The van der Waals surface area contributed by atoms with E-state index in [4.69, 9.17) is 0 Å². The SMILES string of the molecule is CC(=O)Nc1ccc(/C=C/C(=O)c2sc(C(C)(C)C)nc2C)cc1. The third-order valence-corrected chi connectivity index (χ3v) is 4.92. The average Bonchev–Trinajstić information content (AvgIpc) is 2.88. The minimum absolute atomic E-state index is 0.0357. The molecule has 0 unspecified atom stereocenters. The van der Waals surface area contributed by atoms with Crippen molar-refractivity contribution >= 4 is 34.8 Å². The van der Waals surface area contributed by atoms with Crippen LogP contribution in [0.15, 0.2) is 30.3 Å². The number of hydrogen-bond donors (Lipinski definition) is 1. The molecule has 24 heavy (non-hydrogen) atoms. The summed E-state index contributed by atoms with van der Waals surface area (Å²) in [7, 11) is 0. The Morgan fingerprint density at radius 3 is 2.29 bits per heavy atom. The predicted octanol–water partition coefficient (Wildman–Crippen LogP) is 4.60. The van der Waals surface area contributed by atoms with Crippen molar-refractivity contribution in [1.29, 1.82) is 0 Å². The number of amides is 1. The molecular weight excluding hydrogens is 320 g/mol. The van der Waals surface area contributed by atoms with Crippen LogP contribution >= 0.6 is 11.3 Å². The van der Waals surface area contributed by atoms with Crippen LogP contribution in [0.1, 0.15) is 53.6 Å². The van der Waals surface area contributed by atoms with E-state index in [9.17, 15) is 9.59 Å². The van der Waals surface area contributed by atoms with Crippen molar-refractivity contribution in [3.8, 4) is 0 Å². The van der Waals surface area contributed by atoms with E-state index >= 15 is 0 Å². The molecule has 0 aliphatic carbocycles. The fourth-order valence-corrected chi connectivity index (χ4v) is 3.12. The van der Waals surface area contributed by atoms with Gasteiger partial charge < -0.3 is 5.32 Å². The lowest BCUT2D eigenvalue weighted by atomic mass is 9.98. The highest BCUT2D eigenvalue weighted by Crippen LogP contribution is 2.29. The number of carbonyl (C=O) groups is 2. The molecule has 0 atom stereocenters. The Morgan fingerprint density at radius 1 is 1.17 bits per heavy atom. The quantitative estimate of drug-likeness (QED) is 0.652. The maximum absolute atomic E-state index is 12.4. The highest BCUT2D eigenvalue weighted by atomic mass is 32.1. The molecule has 2 aromatic rings. The Morgan fingerprint density at radius 2 is 1.79 bits per heavy atom. The van der Waals surface area contributed by atoms with E-state index in [0.29, 0.717) is 4.88 Å². The molecule has 1 aromatic carbocycles. The number of hydrogen-bond acceptors (Lipinski definition) is 4. The lowest BCUT2D eigenvalue weighted by Gasteiger charge is -2.13. The molecule has 4 nitrogen and oxygen atoms in total. The van der Waals surface area contributed by atoms with Crippen molar-refractivity contribution in [1.82, 2.24) is 4.98 Å². The van der Waals surface area contributed by atoms with Gasteiger partial charge in [0.25, 0.3) is 0 Å². The monoisotopic (exact) mass is 342 g/mol. The van der Waals surface area contributed by atoms with Gasteiger partial charge in [-0.05, 0) is 30.7 Å². The van der Waals surface area contributed by atoms with Gasteiger partial charge in [0.05, 0.1) is 15.6 Å². The number of ketones is 1. The molecule has 1 aromatic heterocycles. The number of nitrogens with one attached hydrogen (secondary N) is 1. The molecule has 0 bridgehead atoms. The van der Waals surface area contributed by atoms with Gasteiger partial charge in [-0.25, -0.2) is 4.98 Å². The first-order chi connectivity index (χ1) is 11.2. The third-order valence-electron chi connectivity index (χ3n) is 3.32. The van der Waals surface area contributed by atoms with Gasteiger partial charge in [-0.15, -0.1) is 11.3 Å². The number of anilines is 1. The summed E-state index contributed by atoms with van der Waals surface area (Å²) < 4.78 is 0. The summed E-state index contributed by atoms with van der Waals surface area (Å²) in [5, 5.41) is 3.68. The van der Waals surface area contributed by atoms with Crippen molar-refractivity contribution in [3.63, 3.8) is 0 Å². The number of allylic oxidation sites excluding steroid dienone is 1. The summed E-state index contributed by atoms with van der Waals surface area (Å²) in [6.07, 6.45) is 3.34. The Kier molecular flexibility index (Phi) is 5.34. The van der Waals surface area contributed by atoms with Crippen molar-refractivity contribution in [2.24, 2.45) is 0 Å². The van der Waals surface area contributed by atoms with Crippen LogP contribution < -0.4 is 5.32 Å². The van der Waals surface area contributed by atoms with Crippen LogP contribution in [-0.2, 0) is 10.2 Å². The Hall–Kier alpha value is -2.27. The zero-order valence-electron chi connectivity index (χ0n) is 14.6. The molecule has 1 amide bonds. The smallest absolute Gasteiger partial charge is 0.221 e. The van der Waals surface area contributed by atoms with Gasteiger partial charge in [0.2, 0.25) is 5.91 Å². The van der Waals surface area contributed by atoms with E-state index in [1.54, 1.807) is 24.3 Å². The van der Waals surface area contributed by atoms with E-state index in [1.807, 2.05) is 19.1 Å². The minimum Gasteiger partial charge on any atom is -0.326 e. The molecule has 5 heteroatoms. The van der Waals surface area contributed by atoms with E-state index in [0.717, 1.165) is 22.0 Å². The second kappa shape index (κ2) is 7.09. The van der Waals surface area contributed by atoms with Crippen molar-refractivity contribution in [2.75, 3.05) is 5.32 Å². The molecule has 1 heterocycles.